The number of aromatic nitrogens is 3. The molecule has 0 aromatic carbocycles. The average Bonchev–Trinajstić information content (AvgIpc) is 2.64. The Kier molecular flexibility index (Phi) is 2.82. The van der Waals surface area contributed by atoms with Crippen molar-refractivity contribution in [3.8, 4) is 11.6 Å². The molecule has 0 radical (unpaired) electrons. The Morgan fingerprint density at radius 1 is 1.50 bits per heavy atom. The highest BCUT2D eigenvalue weighted by atomic mass is 32.1. The van der Waals surface area contributed by atoms with E-state index in [2.05, 4.69) is 10.1 Å². The summed E-state index contributed by atoms with van der Waals surface area (Å²) in [5.74, 6) is 1.06. The molecule has 0 amide bonds. The van der Waals surface area contributed by atoms with Crippen LogP contribution in [0.5, 0.6) is 11.6 Å². The van der Waals surface area contributed by atoms with Crippen LogP contribution in [0.25, 0.3) is 0 Å². The summed E-state index contributed by atoms with van der Waals surface area (Å²) < 4.78 is 7.13. The molecular weight excluding hydrogens is 224 g/mol. The maximum Gasteiger partial charge on any atom is 0.220 e. The Morgan fingerprint density at radius 3 is 2.94 bits per heavy atom. The third kappa shape index (κ3) is 2.34. The largest absolute Gasteiger partial charge is 0.436 e. The van der Waals surface area contributed by atoms with Crippen molar-refractivity contribution in [2.75, 3.05) is 0 Å². The van der Waals surface area contributed by atoms with E-state index in [0.29, 0.717) is 17.3 Å². The summed E-state index contributed by atoms with van der Waals surface area (Å²) in [6.45, 7) is 0. The molecule has 0 fully saturated rings. The van der Waals surface area contributed by atoms with Crippen LogP contribution < -0.4 is 10.5 Å². The molecule has 0 aliphatic carbocycles. The summed E-state index contributed by atoms with van der Waals surface area (Å²) in [4.78, 5) is 4.40. The zero-order valence-electron chi connectivity index (χ0n) is 8.62. The second kappa shape index (κ2) is 4.28. The van der Waals surface area contributed by atoms with E-state index in [4.69, 9.17) is 22.7 Å². The van der Waals surface area contributed by atoms with Crippen LogP contribution >= 0.6 is 12.2 Å². The molecule has 0 bridgehead atoms. The summed E-state index contributed by atoms with van der Waals surface area (Å²) in [5, 5.41) is 3.98. The molecule has 0 saturated heterocycles. The van der Waals surface area contributed by atoms with Gasteiger partial charge in [0.1, 0.15) is 10.7 Å². The van der Waals surface area contributed by atoms with Crippen LogP contribution in [0.2, 0.25) is 0 Å². The Morgan fingerprint density at radius 2 is 2.31 bits per heavy atom. The van der Waals surface area contributed by atoms with E-state index in [-0.39, 0.29) is 4.99 Å². The van der Waals surface area contributed by atoms with Crippen molar-refractivity contribution in [1.29, 1.82) is 0 Å². The molecule has 0 saturated carbocycles. The van der Waals surface area contributed by atoms with Crippen molar-refractivity contribution in [1.82, 2.24) is 14.8 Å². The zero-order chi connectivity index (χ0) is 11.5. The molecule has 0 aliphatic heterocycles. The van der Waals surface area contributed by atoms with Crippen LogP contribution in [0.4, 0.5) is 0 Å². The molecule has 6 heteroatoms. The summed E-state index contributed by atoms with van der Waals surface area (Å²) >= 11 is 4.83. The van der Waals surface area contributed by atoms with E-state index < -0.39 is 0 Å². The van der Waals surface area contributed by atoms with Crippen molar-refractivity contribution in [3.63, 3.8) is 0 Å². The van der Waals surface area contributed by atoms with Gasteiger partial charge in [0, 0.05) is 13.1 Å². The maximum absolute atomic E-state index is 5.48. The van der Waals surface area contributed by atoms with Gasteiger partial charge in [0.25, 0.3) is 0 Å². The van der Waals surface area contributed by atoms with E-state index in [0.717, 1.165) is 0 Å². The molecule has 0 unspecified atom stereocenters. The van der Waals surface area contributed by atoms with Gasteiger partial charge < -0.3 is 10.5 Å². The smallest absolute Gasteiger partial charge is 0.220 e. The van der Waals surface area contributed by atoms with Gasteiger partial charge in [-0.3, -0.25) is 4.68 Å². The molecule has 16 heavy (non-hydrogen) atoms. The highest BCUT2D eigenvalue weighted by Crippen LogP contribution is 2.17. The molecule has 2 aromatic heterocycles. The fourth-order valence-electron chi connectivity index (χ4n) is 1.18. The number of thiocarbonyl (C=S) groups is 1. The fraction of sp³-hybridized carbons (Fsp3) is 0.100. The lowest BCUT2D eigenvalue weighted by atomic mass is 10.3. The lowest BCUT2D eigenvalue weighted by Gasteiger charge is -2.03. The normalized spacial score (nSPS) is 10.1. The van der Waals surface area contributed by atoms with Gasteiger partial charge in [-0.1, -0.05) is 18.3 Å². The number of nitrogens with zero attached hydrogens (tertiary/aromatic N) is 3. The first-order valence-electron chi connectivity index (χ1n) is 4.58. The van der Waals surface area contributed by atoms with Crippen LogP contribution in [0, 0.1) is 0 Å². The monoisotopic (exact) mass is 234 g/mol. The maximum atomic E-state index is 5.48. The minimum atomic E-state index is 0.247. The van der Waals surface area contributed by atoms with E-state index in [9.17, 15) is 0 Å². The molecule has 2 heterocycles. The number of hydrogen-bond acceptors (Lipinski definition) is 4. The van der Waals surface area contributed by atoms with Gasteiger partial charge in [0.2, 0.25) is 5.88 Å². The standard InChI is InChI=1S/C10H10N4OS/c1-14-6-7(5-12-14)15-9-4-2-3-8(13-9)10(11)16/h2-6H,1H3,(H2,11,16). The molecule has 0 spiro atoms. The number of nitrogens with two attached hydrogens (primary N) is 1. The lowest BCUT2D eigenvalue weighted by Crippen LogP contribution is -2.11. The molecule has 82 valence electrons. The van der Waals surface area contributed by atoms with E-state index >= 15 is 0 Å². The Bertz CT molecular complexity index is 523. The fourth-order valence-corrected chi connectivity index (χ4v) is 1.29. The first kappa shape index (κ1) is 10.6. The van der Waals surface area contributed by atoms with Crippen molar-refractivity contribution < 1.29 is 4.74 Å². The van der Waals surface area contributed by atoms with Crippen LogP contribution in [-0.2, 0) is 7.05 Å². The number of aryl methyl sites for hydroxylation is 1. The van der Waals surface area contributed by atoms with Crippen molar-refractivity contribution in [2.45, 2.75) is 0 Å². The highest BCUT2D eigenvalue weighted by Gasteiger charge is 2.03. The number of pyridine rings is 1. The second-order valence-electron chi connectivity index (χ2n) is 3.18. The summed E-state index contributed by atoms with van der Waals surface area (Å²) in [5.41, 5.74) is 6.02. The molecule has 2 N–H and O–H groups in total. The second-order valence-corrected chi connectivity index (χ2v) is 3.62. The first-order chi connectivity index (χ1) is 7.65. The van der Waals surface area contributed by atoms with E-state index in [1.807, 2.05) is 7.05 Å². The van der Waals surface area contributed by atoms with Crippen LogP contribution in [0.3, 0.4) is 0 Å². The van der Waals surface area contributed by atoms with Crippen molar-refractivity contribution in [2.24, 2.45) is 12.8 Å². The van der Waals surface area contributed by atoms with Crippen LogP contribution in [0.15, 0.2) is 30.6 Å². The molecule has 2 aromatic rings. The Labute approximate surface area is 97.9 Å². The highest BCUT2D eigenvalue weighted by molar-refractivity contribution is 7.80. The van der Waals surface area contributed by atoms with Gasteiger partial charge >= 0.3 is 0 Å². The third-order valence-electron chi connectivity index (χ3n) is 1.88. The lowest BCUT2D eigenvalue weighted by molar-refractivity contribution is 0.462. The van der Waals surface area contributed by atoms with Crippen LogP contribution in [-0.4, -0.2) is 19.8 Å². The molecule has 2 rings (SSSR count). The molecule has 5 nitrogen and oxygen atoms in total. The number of hydrogen-bond donors (Lipinski definition) is 1. The topological polar surface area (TPSA) is 66.0 Å². The van der Waals surface area contributed by atoms with E-state index in [1.165, 1.54) is 0 Å². The van der Waals surface area contributed by atoms with Gasteiger partial charge in [0.15, 0.2) is 5.75 Å². The van der Waals surface area contributed by atoms with Gasteiger partial charge in [-0.15, -0.1) is 0 Å². The number of ether oxygens (including phenoxy) is 1. The van der Waals surface area contributed by atoms with Gasteiger partial charge in [0.05, 0.1) is 12.4 Å². The summed E-state index contributed by atoms with van der Waals surface area (Å²) in [7, 11) is 1.81. The SMILES string of the molecule is Cn1cc(Oc2cccc(C(N)=S)n2)cn1. The summed E-state index contributed by atoms with van der Waals surface area (Å²) in [6, 6.07) is 5.25. The van der Waals surface area contributed by atoms with Crippen LogP contribution in [0.1, 0.15) is 5.69 Å². The Hall–Kier alpha value is -1.95. The van der Waals surface area contributed by atoms with Crippen molar-refractivity contribution >= 4 is 17.2 Å². The van der Waals surface area contributed by atoms with Gasteiger partial charge in [-0.25, -0.2) is 4.98 Å². The molecule has 0 aliphatic rings. The van der Waals surface area contributed by atoms with Gasteiger partial charge in [-0.2, -0.15) is 5.10 Å². The zero-order valence-corrected chi connectivity index (χ0v) is 9.44. The predicted octanol–water partition coefficient (Wildman–Crippen LogP) is 1.24. The minimum absolute atomic E-state index is 0.247. The Balaban J connectivity index is 2.21. The average molecular weight is 234 g/mol. The molecule has 0 atom stereocenters. The quantitative estimate of drug-likeness (QED) is 0.809. The summed E-state index contributed by atoms with van der Waals surface area (Å²) in [6.07, 6.45) is 3.35. The van der Waals surface area contributed by atoms with Crippen molar-refractivity contribution in [3.05, 3.63) is 36.3 Å². The van der Waals surface area contributed by atoms with E-state index in [1.54, 1.807) is 35.3 Å². The number of rotatable bonds is 3. The minimum Gasteiger partial charge on any atom is -0.436 e. The third-order valence-corrected chi connectivity index (χ3v) is 2.09. The predicted molar refractivity (Wildman–Crippen MR) is 63.4 cm³/mol. The first-order valence-corrected chi connectivity index (χ1v) is 4.99. The molecular formula is C10H10N4OS. The van der Waals surface area contributed by atoms with Gasteiger partial charge in [-0.05, 0) is 6.07 Å².